The van der Waals surface area contributed by atoms with E-state index in [1.807, 2.05) is 11.3 Å². The molecule has 2 heterocycles. The minimum atomic E-state index is 0.914. The van der Waals surface area contributed by atoms with E-state index in [0.29, 0.717) is 0 Å². The first-order valence-electron chi connectivity index (χ1n) is 7.35. The number of para-hydroxylation sites is 1. The molecule has 0 saturated heterocycles. The lowest BCUT2D eigenvalue weighted by atomic mass is 10.1. The Balaban J connectivity index is 1.68. The molecule has 1 aromatic carbocycles. The van der Waals surface area contributed by atoms with Crippen LogP contribution in [0, 0.1) is 0 Å². The van der Waals surface area contributed by atoms with Gasteiger partial charge in [0.2, 0.25) is 0 Å². The molecule has 0 bridgehead atoms. The summed E-state index contributed by atoms with van der Waals surface area (Å²) in [7, 11) is 0. The molecular weight excluding hydrogens is 266 g/mol. The van der Waals surface area contributed by atoms with Crippen molar-refractivity contribution in [2.24, 2.45) is 0 Å². The summed E-state index contributed by atoms with van der Waals surface area (Å²) in [6.45, 7) is 6.25. The number of anilines is 1. The fourth-order valence-electron chi connectivity index (χ4n) is 2.56. The van der Waals surface area contributed by atoms with Gasteiger partial charge in [-0.2, -0.15) is 0 Å². The first-order chi connectivity index (χ1) is 9.86. The molecule has 0 spiro atoms. The van der Waals surface area contributed by atoms with E-state index in [2.05, 4.69) is 47.5 Å². The van der Waals surface area contributed by atoms with Crippen LogP contribution < -0.4 is 10.2 Å². The number of benzene rings is 1. The average molecular weight is 287 g/mol. The van der Waals surface area contributed by atoms with E-state index in [1.54, 1.807) is 0 Å². The number of fused-ring (bicyclic) bond motifs is 1. The third-order valence-corrected chi connectivity index (χ3v) is 4.68. The molecule has 0 amide bonds. The quantitative estimate of drug-likeness (QED) is 0.856. The summed E-state index contributed by atoms with van der Waals surface area (Å²) in [6.07, 6.45) is 2.24. The zero-order valence-electron chi connectivity index (χ0n) is 11.9. The van der Waals surface area contributed by atoms with Gasteiger partial charge in [-0.25, -0.2) is 4.98 Å². The molecular formula is C16H21N3S. The third-order valence-electron chi connectivity index (χ3n) is 3.60. The number of nitrogens with zero attached hydrogens (tertiary/aromatic N) is 2. The summed E-state index contributed by atoms with van der Waals surface area (Å²) < 4.78 is 0. The number of nitrogens with one attached hydrogen (secondary N) is 1. The maximum Gasteiger partial charge on any atom is 0.107 e. The highest BCUT2D eigenvalue weighted by Crippen LogP contribution is 2.28. The maximum absolute atomic E-state index is 4.78. The lowest BCUT2D eigenvalue weighted by Crippen LogP contribution is -2.29. The van der Waals surface area contributed by atoms with Crippen molar-refractivity contribution < 1.29 is 0 Å². The van der Waals surface area contributed by atoms with Crippen LogP contribution in [0.25, 0.3) is 0 Å². The fraction of sp³-hybridized carbons (Fsp3) is 0.438. The predicted molar refractivity (Wildman–Crippen MR) is 85.3 cm³/mol. The van der Waals surface area contributed by atoms with Gasteiger partial charge < -0.3 is 10.2 Å². The van der Waals surface area contributed by atoms with Crippen molar-refractivity contribution in [3.05, 3.63) is 45.9 Å². The SMILES string of the molecule is CCCNCc1nc2c(s1)CN(c1ccccc1)CC2. The Kier molecular flexibility index (Phi) is 4.33. The van der Waals surface area contributed by atoms with E-state index in [1.165, 1.54) is 27.7 Å². The second kappa shape index (κ2) is 6.37. The first-order valence-corrected chi connectivity index (χ1v) is 8.16. The van der Waals surface area contributed by atoms with Gasteiger partial charge >= 0.3 is 0 Å². The molecule has 0 unspecified atom stereocenters. The highest BCUT2D eigenvalue weighted by molar-refractivity contribution is 7.11. The smallest absolute Gasteiger partial charge is 0.107 e. The molecule has 1 aliphatic rings. The Hall–Kier alpha value is -1.39. The van der Waals surface area contributed by atoms with Crippen LogP contribution >= 0.6 is 11.3 Å². The number of rotatable bonds is 5. The van der Waals surface area contributed by atoms with Gasteiger partial charge in [0.15, 0.2) is 0 Å². The summed E-state index contributed by atoms with van der Waals surface area (Å²) in [5, 5.41) is 4.67. The van der Waals surface area contributed by atoms with Crippen LogP contribution in [0.3, 0.4) is 0 Å². The Morgan fingerprint density at radius 3 is 2.95 bits per heavy atom. The molecule has 1 aliphatic heterocycles. The van der Waals surface area contributed by atoms with Crippen molar-refractivity contribution in [3.8, 4) is 0 Å². The standard InChI is InChI=1S/C16H21N3S/c1-2-9-17-11-16-18-14-8-10-19(12-15(14)20-16)13-6-4-3-5-7-13/h3-7,17H,2,8-12H2,1H3. The van der Waals surface area contributed by atoms with Gasteiger partial charge in [0.05, 0.1) is 12.2 Å². The highest BCUT2D eigenvalue weighted by atomic mass is 32.1. The minimum absolute atomic E-state index is 0.914. The molecule has 1 aromatic heterocycles. The second-order valence-corrected chi connectivity index (χ2v) is 6.33. The Labute approximate surface area is 124 Å². The van der Waals surface area contributed by atoms with Gasteiger partial charge in [0, 0.05) is 30.1 Å². The van der Waals surface area contributed by atoms with E-state index >= 15 is 0 Å². The van der Waals surface area contributed by atoms with Crippen LogP contribution in [0.15, 0.2) is 30.3 Å². The van der Waals surface area contributed by atoms with Crippen LogP contribution in [0.2, 0.25) is 0 Å². The van der Waals surface area contributed by atoms with Gasteiger partial charge in [0.25, 0.3) is 0 Å². The lowest BCUT2D eigenvalue weighted by Gasteiger charge is -2.28. The van der Waals surface area contributed by atoms with Crippen molar-refractivity contribution in [2.75, 3.05) is 18.0 Å². The number of thiazole rings is 1. The molecule has 0 radical (unpaired) electrons. The summed E-state index contributed by atoms with van der Waals surface area (Å²) in [4.78, 5) is 8.67. The van der Waals surface area contributed by atoms with E-state index in [-0.39, 0.29) is 0 Å². The molecule has 0 aliphatic carbocycles. The predicted octanol–water partition coefficient (Wildman–Crippen LogP) is 3.21. The van der Waals surface area contributed by atoms with Crippen molar-refractivity contribution in [3.63, 3.8) is 0 Å². The first kappa shape index (κ1) is 13.6. The largest absolute Gasteiger partial charge is 0.366 e. The lowest BCUT2D eigenvalue weighted by molar-refractivity contribution is 0.668. The molecule has 3 nitrogen and oxygen atoms in total. The minimum Gasteiger partial charge on any atom is -0.366 e. The summed E-state index contributed by atoms with van der Waals surface area (Å²) >= 11 is 1.87. The summed E-state index contributed by atoms with van der Waals surface area (Å²) in [5.74, 6) is 0. The van der Waals surface area contributed by atoms with Crippen molar-refractivity contribution >= 4 is 17.0 Å². The monoisotopic (exact) mass is 287 g/mol. The Morgan fingerprint density at radius 2 is 2.15 bits per heavy atom. The van der Waals surface area contributed by atoms with Gasteiger partial charge in [-0.1, -0.05) is 25.1 Å². The number of aromatic nitrogens is 1. The van der Waals surface area contributed by atoms with E-state index < -0.39 is 0 Å². The maximum atomic E-state index is 4.78. The van der Waals surface area contributed by atoms with Crippen LogP contribution in [-0.2, 0) is 19.5 Å². The molecule has 106 valence electrons. The van der Waals surface area contributed by atoms with Crippen LogP contribution in [0.5, 0.6) is 0 Å². The van der Waals surface area contributed by atoms with Gasteiger partial charge in [-0.05, 0) is 25.1 Å². The van der Waals surface area contributed by atoms with Crippen molar-refractivity contribution in [2.45, 2.75) is 32.9 Å². The van der Waals surface area contributed by atoms with Gasteiger partial charge in [-0.3, -0.25) is 0 Å². The Bertz CT molecular complexity index is 550. The summed E-state index contributed by atoms with van der Waals surface area (Å²) in [6, 6.07) is 10.7. The van der Waals surface area contributed by atoms with E-state index in [4.69, 9.17) is 4.98 Å². The topological polar surface area (TPSA) is 28.2 Å². The van der Waals surface area contributed by atoms with Gasteiger partial charge in [-0.15, -0.1) is 11.3 Å². The molecule has 20 heavy (non-hydrogen) atoms. The normalized spacial score (nSPS) is 14.3. The van der Waals surface area contributed by atoms with Crippen molar-refractivity contribution in [1.29, 1.82) is 0 Å². The average Bonchev–Trinajstić information content (AvgIpc) is 2.90. The van der Waals surface area contributed by atoms with Crippen LogP contribution in [-0.4, -0.2) is 18.1 Å². The molecule has 3 rings (SSSR count). The number of hydrogen-bond donors (Lipinski definition) is 1. The zero-order chi connectivity index (χ0) is 13.8. The molecule has 0 fully saturated rings. The molecule has 1 N–H and O–H groups in total. The van der Waals surface area contributed by atoms with Crippen LogP contribution in [0.1, 0.15) is 28.9 Å². The molecule has 2 aromatic rings. The third kappa shape index (κ3) is 3.02. The van der Waals surface area contributed by atoms with Crippen molar-refractivity contribution in [1.82, 2.24) is 10.3 Å². The summed E-state index contributed by atoms with van der Waals surface area (Å²) in [5.41, 5.74) is 2.63. The molecule has 4 heteroatoms. The highest BCUT2D eigenvalue weighted by Gasteiger charge is 2.20. The van der Waals surface area contributed by atoms with E-state index in [0.717, 1.165) is 32.6 Å². The molecule has 0 saturated carbocycles. The van der Waals surface area contributed by atoms with E-state index in [9.17, 15) is 0 Å². The number of hydrogen-bond acceptors (Lipinski definition) is 4. The fourth-order valence-corrected chi connectivity index (χ4v) is 3.66. The Morgan fingerprint density at radius 1 is 1.30 bits per heavy atom. The van der Waals surface area contributed by atoms with Crippen LogP contribution in [0.4, 0.5) is 5.69 Å². The zero-order valence-corrected chi connectivity index (χ0v) is 12.7. The second-order valence-electron chi connectivity index (χ2n) is 5.16. The van der Waals surface area contributed by atoms with Gasteiger partial charge in [0.1, 0.15) is 5.01 Å². The molecule has 0 atom stereocenters.